The lowest BCUT2D eigenvalue weighted by atomic mass is 9.86. The third-order valence-corrected chi connectivity index (χ3v) is 7.90. The molecule has 9 nitrogen and oxygen atoms in total. The number of benzene rings is 5. The van der Waals surface area contributed by atoms with Gasteiger partial charge in [-0.15, -0.1) is 0 Å². The van der Waals surface area contributed by atoms with Crippen LogP contribution >= 0.6 is 0 Å². The highest BCUT2D eigenvalue weighted by atomic mass is 16.6. The summed E-state index contributed by atoms with van der Waals surface area (Å²) in [6.07, 6.45) is 0. The van der Waals surface area contributed by atoms with Crippen molar-refractivity contribution in [1.82, 2.24) is 4.90 Å². The van der Waals surface area contributed by atoms with E-state index in [1.165, 1.54) is 12.1 Å². The largest absolute Gasteiger partial charge is 0.497 e. The number of methoxy groups -OCH3 is 1. The van der Waals surface area contributed by atoms with Crippen LogP contribution in [0.25, 0.3) is 0 Å². The zero-order valence-electron chi connectivity index (χ0n) is 23.9. The van der Waals surface area contributed by atoms with Crippen LogP contribution in [0.1, 0.15) is 16.7 Å². The van der Waals surface area contributed by atoms with E-state index in [4.69, 9.17) is 14.9 Å². The van der Waals surface area contributed by atoms with E-state index < -0.39 is 10.6 Å². The monoisotopic (exact) mass is 580 g/mol. The zero-order valence-corrected chi connectivity index (χ0v) is 23.9. The van der Waals surface area contributed by atoms with E-state index in [2.05, 4.69) is 17.0 Å². The van der Waals surface area contributed by atoms with Crippen molar-refractivity contribution >= 4 is 28.6 Å². The van der Waals surface area contributed by atoms with Gasteiger partial charge in [-0.1, -0.05) is 91.0 Å². The van der Waals surface area contributed by atoms with E-state index >= 15 is 0 Å². The summed E-state index contributed by atoms with van der Waals surface area (Å²) in [7, 11) is 1.65. The molecule has 0 aliphatic carbocycles. The Bertz CT molecular complexity index is 1850. The van der Waals surface area contributed by atoms with Gasteiger partial charge in [-0.2, -0.15) is 10.2 Å². The van der Waals surface area contributed by atoms with E-state index in [0.717, 1.165) is 39.7 Å². The van der Waals surface area contributed by atoms with Gasteiger partial charge < -0.3 is 9.64 Å². The van der Waals surface area contributed by atoms with Gasteiger partial charge in [-0.25, -0.2) is 10.0 Å². The fourth-order valence-corrected chi connectivity index (χ4v) is 5.84. The summed E-state index contributed by atoms with van der Waals surface area (Å²) in [6.45, 7) is 0.370. The number of ether oxygens (including phenoxy) is 1. The Morgan fingerprint density at radius 1 is 0.705 bits per heavy atom. The molecule has 0 saturated carbocycles. The molecule has 0 aromatic heterocycles. The number of fused-ring (bicyclic) bond motifs is 1. The highest BCUT2D eigenvalue weighted by molar-refractivity contribution is 6.16. The molecule has 5 aromatic rings. The highest BCUT2D eigenvalue weighted by Crippen LogP contribution is 2.47. The summed E-state index contributed by atoms with van der Waals surface area (Å²) in [5.41, 5.74) is 4.10. The van der Waals surface area contributed by atoms with Crippen LogP contribution in [-0.2, 0) is 5.66 Å². The number of hydrogen-bond donors (Lipinski definition) is 0. The molecular formula is C35H28N6O3. The Balaban J connectivity index is 1.53. The van der Waals surface area contributed by atoms with Gasteiger partial charge in [-0.3, -0.25) is 10.1 Å². The summed E-state index contributed by atoms with van der Waals surface area (Å²) in [4.78, 5) is 13.4. The van der Waals surface area contributed by atoms with Crippen LogP contribution in [0.4, 0.5) is 17.1 Å². The van der Waals surface area contributed by atoms with Gasteiger partial charge in [-0.05, 0) is 36.4 Å². The quantitative estimate of drug-likeness (QED) is 0.155. The average Bonchev–Trinajstić information content (AvgIpc) is 3.45. The van der Waals surface area contributed by atoms with Crippen LogP contribution in [0.2, 0.25) is 0 Å². The van der Waals surface area contributed by atoms with Gasteiger partial charge in [0.1, 0.15) is 18.1 Å². The molecular weight excluding hydrogens is 552 g/mol. The Labute approximate surface area is 254 Å². The summed E-state index contributed by atoms with van der Waals surface area (Å²) in [5, 5.41) is 26.1. The zero-order chi connectivity index (χ0) is 30.1. The first-order chi connectivity index (χ1) is 21.6. The first-order valence-electron chi connectivity index (χ1n) is 14.2. The molecule has 9 heteroatoms. The van der Waals surface area contributed by atoms with Crippen molar-refractivity contribution < 1.29 is 9.66 Å². The summed E-state index contributed by atoms with van der Waals surface area (Å²) in [5.74, 6) is 1.50. The molecule has 44 heavy (non-hydrogen) atoms. The van der Waals surface area contributed by atoms with Crippen LogP contribution in [0.5, 0.6) is 5.75 Å². The van der Waals surface area contributed by atoms with Crippen molar-refractivity contribution in [2.75, 3.05) is 23.8 Å². The second-order valence-corrected chi connectivity index (χ2v) is 10.4. The molecule has 0 radical (unpaired) electrons. The topological polar surface area (TPSA) is 86.8 Å². The first-order valence-corrected chi connectivity index (χ1v) is 14.2. The lowest BCUT2D eigenvalue weighted by molar-refractivity contribution is -0.384. The van der Waals surface area contributed by atoms with Crippen LogP contribution in [0.15, 0.2) is 150 Å². The third-order valence-electron chi connectivity index (χ3n) is 7.90. The van der Waals surface area contributed by atoms with E-state index in [0.29, 0.717) is 12.4 Å². The molecule has 0 unspecified atom stereocenters. The van der Waals surface area contributed by atoms with Crippen molar-refractivity contribution in [3.05, 3.63) is 166 Å². The molecule has 0 bridgehead atoms. The van der Waals surface area contributed by atoms with Gasteiger partial charge >= 0.3 is 0 Å². The van der Waals surface area contributed by atoms with Crippen molar-refractivity contribution in [2.24, 2.45) is 10.2 Å². The number of non-ortho nitro benzene ring substituents is 1. The number of amidine groups is 1. The van der Waals surface area contributed by atoms with E-state index in [9.17, 15) is 10.1 Å². The maximum atomic E-state index is 11.6. The minimum atomic E-state index is -1.03. The van der Waals surface area contributed by atoms with Gasteiger partial charge in [0.2, 0.25) is 5.66 Å². The second kappa shape index (κ2) is 11.0. The molecule has 0 amide bonds. The van der Waals surface area contributed by atoms with E-state index in [1.807, 2.05) is 113 Å². The van der Waals surface area contributed by atoms with Gasteiger partial charge in [0.05, 0.1) is 23.4 Å². The molecule has 0 spiro atoms. The van der Waals surface area contributed by atoms with Crippen molar-refractivity contribution in [3.63, 3.8) is 0 Å². The van der Waals surface area contributed by atoms with Gasteiger partial charge in [0.15, 0.2) is 5.84 Å². The van der Waals surface area contributed by atoms with E-state index in [1.54, 1.807) is 19.2 Å². The Hall–Kier alpha value is -5.96. The van der Waals surface area contributed by atoms with Crippen molar-refractivity contribution in [1.29, 1.82) is 0 Å². The minimum absolute atomic E-state index is 0.0112. The predicted octanol–water partition coefficient (Wildman–Crippen LogP) is 6.82. The molecule has 0 N–H and O–H groups in total. The van der Waals surface area contributed by atoms with Crippen molar-refractivity contribution in [2.45, 2.75) is 5.66 Å². The molecule has 2 aliphatic heterocycles. The summed E-state index contributed by atoms with van der Waals surface area (Å²) < 4.78 is 5.42. The molecule has 2 aliphatic rings. The first kappa shape index (κ1) is 26.9. The minimum Gasteiger partial charge on any atom is -0.497 e. The maximum Gasteiger partial charge on any atom is 0.269 e. The number of hydrazone groups is 2. The van der Waals surface area contributed by atoms with Crippen LogP contribution in [0, 0.1) is 10.1 Å². The molecule has 1 atom stereocenters. The molecule has 2 heterocycles. The normalized spacial score (nSPS) is 17.5. The maximum absolute atomic E-state index is 11.6. The van der Waals surface area contributed by atoms with Gasteiger partial charge in [0, 0.05) is 28.8 Å². The standard InChI is InChI=1S/C35H28N6O3/c1-44-32-23-21-29(22-24-32)39-25-38-34(27-13-7-3-8-14-27)37-40(30-17-19-31(20-18-30)41(42)43)35(38,28-15-9-4-10-16-28)33(36-39)26-11-5-2-6-12-26/h2-24H,25H2,1H3/t35-/m1/s1. The Morgan fingerprint density at radius 2 is 1.27 bits per heavy atom. The number of rotatable bonds is 7. The highest BCUT2D eigenvalue weighted by Gasteiger charge is 2.58. The molecule has 7 rings (SSSR count). The molecule has 0 fully saturated rings. The number of nitro groups is 1. The average molecular weight is 581 g/mol. The Kier molecular flexibility index (Phi) is 6.75. The lowest BCUT2D eigenvalue weighted by Crippen LogP contribution is -2.64. The van der Waals surface area contributed by atoms with Crippen LogP contribution in [0.3, 0.4) is 0 Å². The second-order valence-electron chi connectivity index (χ2n) is 10.4. The molecule has 0 saturated heterocycles. The fourth-order valence-electron chi connectivity index (χ4n) is 5.84. The summed E-state index contributed by atoms with van der Waals surface area (Å²) >= 11 is 0. The van der Waals surface area contributed by atoms with Gasteiger partial charge in [0.25, 0.3) is 5.69 Å². The fraction of sp³-hybridized carbons (Fsp3) is 0.0857. The number of anilines is 2. The third kappa shape index (κ3) is 4.42. The predicted molar refractivity (Wildman–Crippen MR) is 172 cm³/mol. The molecule has 5 aromatic carbocycles. The number of nitro benzene ring substituents is 1. The number of nitrogens with zero attached hydrogens (tertiary/aromatic N) is 6. The smallest absolute Gasteiger partial charge is 0.269 e. The number of hydrogen-bond acceptors (Lipinski definition) is 8. The lowest BCUT2D eigenvalue weighted by Gasteiger charge is -2.49. The van der Waals surface area contributed by atoms with Crippen LogP contribution < -0.4 is 14.8 Å². The molecule has 216 valence electrons. The summed E-state index contributed by atoms with van der Waals surface area (Å²) in [6, 6.07) is 44.6. The Morgan fingerprint density at radius 3 is 1.86 bits per heavy atom. The van der Waals surface area contributed by atoms with Crippen molar-refractivity contribution in [3.8, 4) is 5.75 Å². The van der Waals surface area contributed by atoms with Crippen LogP contribution in [-0.4, -0.2) is 35.1 Å². The SMILES string of the molecule is COc1ccc(N2CN3C(c4ccccc4)=NN(c4ccc([N+](=O)[O-])cc4)[C@]3(c3ccccc3)C(c3ccccc3)=N2)cc1. The van der Waals surface area contributed by atoms with E-state index in [-0.39, 0.29) is 5.69 Å².